The molecule has 0 saturated heterocycles. The highest BCUT2D eigenvalue weighted by Crippen LogP contribution is 2.34. The molecule has 2 amide bonds. The number of urea groups is 1. The van der Waals surface area contributed by atoms with E-state index in [4.69, 9.17) is 9.84 Å². The number of rotatable bonds is 8. The summed E-state index contributed by atoms with van der Waals surface area (Å²) in [5.74, 6) is -1.17. The number of hydrogen-bond acceptors (Lipinski definition) is 4. The molecule has 1 aliphatic carbocycles. The molecule has 20 heavy (non-hydrogen) atoms. The zero-order valence-corrected chi connectivity index (χ0v) is 11.9. The molecule has 0 radical (unpaired) electrons. The van der Waals surface area contributed by atoms with E-state index in [1.807, 2.05) is 0 Å². The van der Waals surface area contributed by atoms with Crippen LogP contribution in [-0.2, 0) is 14.3 Å². The molecule has 7 nitrogen and oxygen atoms in total. The van der Waals surface area contributed by atoms with Crippen molar-refractivity contribution in [3.63, 3.8) is 0 Å². The molecule has 1 unspecified atom stereocenters. The van der Waals surface area contributed by atoms with Crippen LogP contribution in [0, 0.1) is 5.92 Å². The van der Waals surface area contributed by atoms with Crippen LogP contribution < -0.4 is 5.32 Å². The van der Waals surface area contributed by atoms with Gasteiger partial charge in [0.15, 0.2) is 0 Å². The first-order chi connectivity index (χ1) is 9.47. The average molecular weight is 286 g/mol. The zero-order chi connectivity index (χ0) is 15.1. The minimum Gasteiger partial charge on any atom is -0.481 e. The Balaban J connectivity index is 2.51. The summed E-state index contributed by atoms with van der Waals surface area (Å²) in [6.45, 7) is 3.95. The first kappa shape index (κ1) is 16.3. The molecule has 1 aliphatic rings. The summed E-state index contributed by atoms with van der Waals surface area (Å²) in [6.07, 6.45) is 1.78. The van der Waals surface area contributed by atoms with Crippen LogP contribution in [0.1, 0.15) is 33.1 Å². The van der Waals surface area contributed by atoms with Crippen molar-refractivity contribution in [3.05, 3.63) is 0 Å². The summed E-state index contributed by atoms with van der Waals surface area (Å²) in [4.78, 5) is 35.5. The molecule has 0 aliphatic heterocycles. The molecule has 0 heterocycles. The summed E-state index contributed by atoms with van der Waals surface area (Å²) >= 11 is 0. The Morgan fingerprint density at radius 3 is 2.45 bits per heavy atom. The number of ether oxygens (including phenoxy) is 1. The predicted octanol–water partition coefficient (Wildman–Crippen LogP) is 0.834. The minimum atomic E-state index is -0.935. The lowest BCUT2D eigenvalue weighted by atomic mass is 10.1. The Morgan fingerprint density at radius 2 is 2.00 bits per heavy atom. The number of aliphatic carboxylic acids is 1. The molecular formula is C13H22N2O5. The summed E-state index contributed by atoms with van der Waals surface area (Å²) < 4.78 is 4.80. The number of nitrogens with one attached hydrogen (secondary N) is 1. The van der Waals surface area contributed by atoms with E-state index in [0.29, 0.717) is 6.54 Å². The number of carbonyl (C=O) groups is 3. The van der Waals surface area contributed by atoms with Gasteiger partial charge in [0.25, 0.3) is 0 Å². The third kappa shape index (κ3) is 5.46. The van der Waals surface area contributed by atoms with E-state index < -0.39 is 18.0 Å². The number of carboxylic acids is 1. The molecule has 0 aromatic rings. The monoisotopic (exact) mass is 286 g/mol. The van der Waals surface area contributed by atoms with E-state index in [2.05, 4.69) is 5.32 Å². The van der Waals surface area contributed by atoms with Crippen LogP contribution in [0.15, 0.2) is 0 Å². The fraction of sp³-hybridized carbons (Fsp3) is 0.769. The second-order valence-corrected chi connectivity index (χ2v) is 4.81. The normalized spacial score (nSPS) is 15.3. The van der Waals surface area contributed by atoms with Crippen molar-refractivity contribution in [1.29, 1.82) is 0 Å². The SMILES string of the molecule is CCOC(=O)CN(CC)C(=O)NC(CC(=O)O)C1CC1. The summed E-state index contributed by atoms with van der Waals surface area (Å²) in [7, 11) is 0. The van der Waals surface area contributed by atoms with E-state index >= 15 is 0 Å². The second kappa shape index (κ2) is 7.72. The van der Waals surface area contributed by atoms with Crippen LogP contribution in [0.3, 0.4) is 0 Å². The molecule has 0 aromatic carbocycles. The van der Waals surface area contributed by atoms with Crippen molar-refractivity contribution in [1.82, 2.24) is 10.2 Å². The lowest BCUT2D eigenvalue weighted by molar-refractivity contribution is -0.144. The molecule has 7 heteroatoms. The molecule has 1 saturated carbocycles. The maximum absolute atomic E-state index is 12.1. The largest absolute Gasteiger partial charge is 0.481 e. The van der Waals surface area contributed by atoms with Gasteiger partial charge in [0, 0.05) is 12.6 Å². The number of amides is 2. The predicted molar refractivity (Wildman–Crippen MR) is 71.2 cm³/mol. The number of hydrogen-bond donors (Lipinski definition) is 2. The van der Waals surface area contributed by atoms with Crippen LogP contribution in [0.25, 0.3) is 0 Å². The fourth-order valence-corrected chi connectivity index (χ4v) is 1.96. The van der Waals surface area contributed by atoms with E-state index in [-0.39, 0.29) is 31.5 Å². The molecule has 1 rings (SSSR count). The van der Waals surface area contributed by atoms with Crippen LogP contribution >= 0.6 is 0 Å². The van der Waals surface area contributed by atoms with E-state index in [1.54, 1.807) is 13.8 Å². The first-order valence-corrected chi connectivity index (χ1v) is 6.90. The molecule has 2 N–H and O–H groups in total. The van der Waals surface area contributed by atoms with Gasteiger partial charge in [-0.15, -0.1) is 0 Å². The van der Waals surface area contributed by atoms with Crippen molar-refractivity contribution in [2.24, 2.45) is 5.92 Å². The number of carbonyl (C=O) groups excluding carboxylic acids is 2. The summed E-state index contributed by atoms with van der Waals surface area (Å²) in [6, 6.07) is -0.782. The Kier molecular flexibility index (Phi) is 6.27. The Morgan fingerprint density at radius 1 is 1.35 bits per heavy atom. The van der Waals surface area contributed by atoms with Gasteiger partial charge in [-0.25, -0.2) is 4.79 Å². The Hall–Kier alpha value is -1.79. The summed E-state index contributed by atoms with van der Waals surface area (Å²) in [5, 5.41) is 11.6. The number of likely N-dealkylation sites (N-methyl/N-ethyl adjacent to an activating group) is 1. The zero-order valence-electron chi connectivity index (χ0n) is 11.9. The van der Waals surface area contributed by atoms with Gasteiger partial charge in [-0.1, -0.05) is 0 Å². The third-order valence-corrected chi connectivity index (χ3v) is 3.19. The standard InChI is InChI=1S/C13H22N2O5/c1-3-15(8-12(18)20-4-2)13(19)14-10(7-11(16)17)9-5-6-9/h9-10H,3-8H2,1-2H3,(H,14,19)(H,16,17). The Bertz CT molecular complexity index is 368. The second-order valence-electron chi connectivity index (χ2n) is 4.81. The number of carboxylic acid groups (broad SMARTS) is 1. The summed E-state index contributed by atoms with van der Waals surface area (Å²) in [5.41, 5.74) is 0. The van der Waals surface area contributed by atoms with Crippen molar-refractivity contribution < 1.29 is 24.2 Å². The molecule has 0 bridgehead atoms. The van der Waals surface area contributed by atoms with E-state index in [0.717, 1.165) is 12.8 Å². The molecule has 1 atom stereocenters. The average Bonchev–Trinajstić information content (AvgIpc) is 3.18. The highest BCUT2D eigenvalue weighted by atomic mass is 16.5. The van der Waals surface area contributed by atoms with Gasteiger partial charge in [0.05, 0.1) is 13.0 Å². The molecule has 114 valence electrons. The van der Waals surface area contributed by atoms with Gasteiger partial charge < -0.3 is 20.1 Å². The maximum Gasteiger partial charge on any atom is 0.325 e. The topological polar surface area (TPSA) is 95.9 Å². The molecule has 0 spiro atoms. The van der Waals surface area contributed by atoms with Gasteiger partial charge in [-0.2, -0.15) is 0 Å². The highest BCUT2D eigenvalue weighted by Gasteiger charge is 2.34. The van der Waals surface area contributed by atoms with Crippen molar-refractivity contribution in [2.45, 2.75) is 39.2 Å². The first-order valence-electron chi connectivity index (χ1n) is 6.90. The van der Waals surface area contributed by atoms with Crippen LogP contribution in [0.2, 0.25) is 0 Å². The lowest BCUT2D eigenvalue weighted by Crippen LogP contribution is -2.48. The van der Waals surface area contributed by atoms with Crippen LogP contribution in [0.5, 0.6) is 0 Å². The highest BCUT2D eigenvalue weighted by molar-refractivity contribution is 5.81. The molecular weight excluding hydrogens is 264 g/mol. The van der Waals surface area contributed by atoms with Gasteiger partial charge >= 0.3 is 18.0 Å². The van der Waals surface area contributed by atoms with Crippen molar-refractivity contribution in [3.8, 4) is 0 Å². The van der Waals surface area contributed by atoms with Gasteiger partial charge in [0.1, 0.15) is 6.54 Å². The maximum atomic E-state index is 12.1. The van der Waals surface area contributed by atoms with Gasteiger partial charge in [-0.3, -0.25) is 9.59 Å². The van der Waals surface area contributed by atoms with Crippen LogP contribution in [-0.4, -0.2) is 53.7 Å². The van der Waals surface area contributed by atoms with Crippen LogP contribution in [0.4, 0.5) is 4.79 Å². The van der Waals surface area contributed by atoms with E-state index in [1.165, 1.54) is 4.90 Å². The quantitative estimate of drug-likeness (QED) is 0.644. The molecule has 1 fully saturated rings. The van der Waals surface area contributed by atoms with Crippen molar-refractivity contribution in [2.75, 3.05) is 19.7 Å². The van der Waals surface area contributed by atoms with Crippen molar-refractivity contribution >= 4 is 18.0 Å². The smallest absolute Gasteiger partial charge is 0.325 e. The fourth-order valence-electron chi connectivity index (χ4n) is 1.96. The third-order valence-electron chi connectivity index (χ3n) is 3.19. The number of nitrogens with zero attached hydrogens (tertiary/aromatic N) is 1. The van der Waals surface area contributed by atoms with Gasteiger partial charge in [0.2, 0.25) is 0 Å². The van der Waals surface area contributed by atoms with E-state index in [9.17, 15) is 14.4 Å². The number of esters is 1. The Labute approximate surface area is 118 Å². The molecule has 0 aromatic heterocycles. The van der Waals surface area contributed by atoms with Gasteiger partial charge in [-0.05, 0) is 32.6 Å². The lowest BCUT2D eigenvalue weighted by Gasteiger charge is -2.24. The minimum absolute atomic E-state index is 0.0899.